The predicted molar refractivity (Wildman–Crippen MR) is 133 cm³/mol. The summed E-state index contributed by atoms with van der Waals surface area (Å²) in [4.78, 5) is 45.8. The lowest BCUT2D eigenvalue weighted by atomic mass is 9.83. The summed E-state index contributed by atoms with van der Waals surface area (Å²) in [6.07, 6.45) is -10.2. The standard InChI is InChI=1S/C23H29NO12.H3O4P/c1-8(22(32)24-13-14(27)16(29)21-20(15(13)28)33-7-34-21)5-10-3-4-12(11(26)6-10)35-23-18(31)17(30)19(36-23)9(2)25;1-5(2,3)4/h3-6,13-21,23,26-31H,7H2,1-2H3,(H,24,32);(H3,1,2,3,4)/b8-5+;/t13-,14+,15-,16-,17-,18-,19+,20+,21-,23+;/m0./s1. The third-order valence-electron chi connectivity index (χ3n) is 6.49. The van der Waals surface area contributed by atoms with Crippen molar-refractivity contribution in [3.05, 3.63) is 29.3 Å². The van der Waals surface area contributed by atoms with E-state index in [1.807, 2.05) is 0 Å². The van der Waals surface area contributed by atoms with Crippen LogP contribution in [0, 0.1) is 0 Å². The Morgan fingerprint density at radius 3 is 2.07 bits per heavy atom. The van der Waals surface area contributed by atoms with Crippen LogP contribution in [-0.4, -0.2) is 125 Å². The van der Waals surface area contributed by atoms with E-state index in [-0.39, 0.29) is 23.9 Å². The number of aromatic hydroxyl groups is 1. The summed E-state index contributed by atoms with van der Waals surface area (Å²) in [6.45, 7) is 2.52. The van der Waals surface area contributed by atoms with Gasteiger partial charge in [-0.1, -0.05) is 6.07 Å². The summed E-state index contributed by atoms with van der Waals surface area (Å²) < 4.78 is 30.0. The zero-order chi connectivity index (χ0) is 30.8. The van der Waals surface area contributed by atoms with Gasteiger partial charge in [0, 0.05) is 5.57 Å². The van der Waals surface area contributed by atoms with Crippen molar-refractivity contribution in [3.8, 4) is 11.5 Å². The van der Waals surface area contributed by atoms with E-state index in [0.29, 0.717) is 5.56 Å². The first kappa shape index (κ1) is 33.0. The molecular weight excluding hydrogens is 577 g/mol. The Balaban J connectivity index is 0.000000850. The quantitative estimate of drug-likeness (QED) is 0.111. The highest BCUT2D eigenvalue weighted by molar-refractivity contribution is 7.45. The maximum absolute atomic E-state index is 12.7. The monoisotopic (exact) mass is 609 g/mol. The number of ether oxygens (including phenoxy) is 4. The maximum atomic E-state index is 12.7. The SMILES string of the molecule is CC(=O)[C@H]1O[C@@H](Oc2ccc(/C=C(\C)C(=O)N[C@H]3[C@@H](O)[C@H](O)[C@@H]4OCO[C@@H]4[C@H]3O)cc2O)[C@@H](O)[C@@H]1O.O=P(O)(O)O. The maximum Gasteiger partial charge on any atom is 0.466 e. The zero-order valence-corrected chi connectivity index (χ0v) is 22.5. The van der Waals surface area contributed by atoms with E-state index in [9.17, 15) is 40.2 Å². The van der Waals surface area contributed by atoms with Gasteiger partial charge in [0.15, 0.2) is 17.3 Å². The van der Waals surface area contributed by atoms with Crippen LogP contribution in [0.2, 0.25) is 0 Å². The highest BCUT2D eigenvalue weighted by atomic mass is 31.2. The van der Waals surface area contributed by atoms with Gasteiger partial charge in [-0.15, -0.1) is 0 Å². The van der Waals surface area contributed by atoms with E-state index < -0.39 is 80.7 Å². The number of phenols is 1. The Kier molecular flexibility index (Phi) is 10.6. The van der Waals surface area contributed by atoms with Gasteiger partial charge >= 0.3 is 7.82 Å². The highest BCUT2D eigenvalue weighted by Gasteiger charge is 2.53. The molecule has 2 aliphatic heterocycles. The summed E-state index contributed by atoms with van der Waals surface area (Å²) in [7, 11) is -4.64. The number of phosphoric acid groups is 1. The van der Waals surface area contributed by atoms with Gasteiger partial charge in [0.2, 0.25) is 12.2 Å². The first-order chi connectivity index (χ1) is 19.0. The van der Waals surface area contributed by atoms with Crippen LogP contribution in [0.3, 0.4) is 0 Å². The first-order valence-electron chi connectivity index (χ1n) is 12.1. The molecule has 1 aromatic rings. The Bertz CT molecular complexity index is 1180. The molecule has 41 heavy (non-hydrogen) atoms. The summed E-state index contributed by atoms with van der Waals surface area (Å²) in [6, 6.07) is 2.90. The number of fused-ring (bicyclic) bond motifs is 1. The third-order valence-corrected chi connectivity index (χ3v) is 6.49. The van der Waals surface area contributed by atoms with Gasteiger partial charge in [-0.2, -0.15) is 0 Å². The molecule has 17 nitrogen and oxygen atoms in total. The molecule has 0 spiro atoms. The number of ketones is 1. The third kappa shape index (κ3) is 8.07. The van der Waals surface area contributed by atoms with Crippen molar-refractivity contribution in [2.75, 3.05) is 6.79 Å². The van der Waals surface area contributed by atoms with Crippen LogP contribution in [0.5, 0.6) is 11.5 Å². The minimum absolute atomic E-state index is 0.0921. The van der Waals surface area contributed by atoms with Crippen LogP contribution in [-0.2, 0) is 28.4 Å². The normalized spacial score (nSPS) is 35.2. The summed E-state index contributed by atoms with van der Waals surface area (Å²) >= 11 is 0. The van der Waals surface area contributed by atoms with E-state index >= 15 is 0 Å². The second-order valence-corrected chi connectivity index (χ2v) is 10.6. The van der Waals surface area contributed by atoms with E-state index in [0.717, 1.165) is 0 Å². The molecule has 18 heteroatoms. The lowest BCUT2D eigenvalue weighted by Crippen LogP contribution is -2.67. The van der Waals surface area contributed by atoms with E-state index in [1.165, 1.54) is 38.1 Å². The molecule has 10 N–H and O–H groups in total. The van der Waals surface area contributed by atoms with Crippen molar-refractivity contribution in [1.82, 2.24) is 5.32 Å². The van der Waals surface area contributed by atoms with Crippen molar-refractivity contribution in [2.24, 2.45) is 0 Å². The van der Waals surface area contributed by atoms with Crippen LogP contribution < -0.4 is 10.1 Å². The Morgan fingerprint density at radius 1 is 0.951 bits per heavy atom. The Morgan fingerprint density at radius 2 is 1.54 bits per heavy atom. The molecule has 0 bridgehead atoms. The second kappa shape index (κ2) is 13.2. The van der Waals surface area contributed by atoms with Gasteiger partial charge in [-0.3, -0.25) is 9.59 Å². The Labute approximate surface area is 232 Å². The predicted octanol–water partition coefficient (Wildman–Crippen LogP) is -3.40. The molecule has 3 fully saturated rings. The average Bonchev–Trinajstić information content (AvgIpc) is 3.47. The number of hydrogen-bond acceptors (Lipinski definition) is 13. The molecule has 230 valence electrons. The number of hydrogen-bond donors (Lipinski definition) is 10. The molecule has 1 aliphatic carbocycles. The second-order valence-electron chi connectivity index (χ2n) is 9.55. The molecule has 1 aromatic carbocycles. The molecule has 2 saturated heterocycles. The fourth-order valence-electron chi connectivity index (χ4n) is 4.46. The van der Waals surface area contributed by atoms with Crippen LogP contribution >= 0.6 is 7.82 Å². The number of rotatable bonds is 6. The van der Waals surface area contributed by atoms with Crippen LogP contribution in [0.4, 0.5) is 0 Å². The molecule has 2 heterocycles. The molecule has 0 unspecified atom stereocenters. The van der Waals surface area contributed by atoms with E-state index in [2.05, 4.69) is 5.32 Å². The van der Waals surface area contributed by atoms with Crippen LogP contribution in [0.25, 0.3) is 6.08 Å². The molecule has 4 rings (SSSR count). The summed E-state index contributed by atoms with van der Waals surface area (Å²) in [5.74, 6) is -1.59. The van der Waals surface area contributed by atoms with Crippen LogP contribution in [0.1, 0.15) is 19.4 Å². The highest BCUT2D eigenvalue weighted by Crippen LogP contribution is 2.33. The topological polar surface area (TPSA) is 282 Å². The number of aliphatic hydroxyl groups is 5. The smallest absolute Gasteiger partial charge is 0.466 e. The lowest BCUT2D eigenvalue weighted by molar-refractivity contribution is -0.155. The number of carbonyl (C=O) groups excluding carboxylic acids is 2. The number of phenolic OH excluding ortho intramolecular Hbond substituents is 1. The largest absolute Gasteiger partial charge is 0.504 e. The van der Waals surface area contributed by atoms with Gasteiger partial charge < -0.3 is 69.6 Å². The summed E-state index contributed by atoms with van der Waals surface area (Å²) in [5.41, 5.74) is 0.545. The minimum atomic E-state index is -4.64. The van der Waals surface area contributed by atoms with Crippen molar-refractivity contribution in [1.29, 1.82) is 0 Å². The van der Waals surface area contributed by atoms with Crippen molar-refractivity contribution in [2.45, 2.75) is 75.0 Å². The number of carbonyl (C=O) groups is 2. The minimum Gasteiger partial charge on any atom is -0.504 e. The van der Waals surface area contributed by atoms with Crippen molar-refractivity contribution < 1.29 is 78.4 Å². The molecule has 0 aromatic heterocycles. The average molecular weight is 609 g/mol. The Hall–Kier alpha value is -2.51. The molecule has 0 radical (unpaired) electrons. The van der Waals surface area contributed by atoms with Crippen molar-refractivity contribution >= 4 is 25.6 Å². The van der Waals surface area contributed by atoms with Gasteiger partial charge in [0.25, 0.3) is 0 Å². The molecule has 10 atom stereocenters. The number of benzene rings is 1. The van der Waals surface area contributed by atoms with Gasteiger partial charge in [0.05, 0.1) is 6.04 Å². The fourth-order valence-corrected chi connectivity index (χ4v) is 4.46. The van der Waals surface area contributed by atoms with E-state index in [4.69, 9.17) is 38.2 Å². The van der Waals surface area contributed by atoms with Gasteiger partial charge in [-0.05, 0) is 37.6 Å². The van der Waals surface area contributed by atoms with Gasteiger partial charge in [-0.25, -0.2) is 4.57 Å². The molecule has 3 aliphatic rings. The molecule has 1 amide bonds. The number of Topliss-reactive ketones (excluding diaryl/α,β-unsaturated/α-hetero) is 1. The van der Waals surface area contributed by atoms with E-state index in [1.54, 1.807) is 0 Å². The number of aliphatic hydroxyl groups excluding tert-OH is 5. The number of amides is 1. The summed E-state index contributed by atoms with van der Waals surface area (Å²) in [5, 5.41) is 63.9. The zero-order valence-electron chi connectivity index (χ0n) is 21.6. The van der Waals surface area contributed by atoms with Crippen LogP contribution in [0.15, 0.2) is 23.8 Å². The number of nitrogens with one attached hydrogen (secondary N) is 1. The molecular formula is C23H32NO16P. The lowest BCUT2D eigenvalue weighted by Gasteiger charge is -2.41. The molecule has 1 saturated carbocycles. The van der Waals surface area contributed by atoms with Gasteiger partial charge in [0.1, 0.15) is 55.6 Å². The fraction of sp³-hybridized carbons (Fsp3) is 0.565. The van der Waals surface area contributed by atoms with Crippen molar-refractivity contribution in [3.63, 3.8) is 0 Å². The first-order valence-corrected chi connectivity index (χ1v) is 13.6.